The Bertz CT molecular complexity index is 693. The van der Waals surface area contributed by atoms with Gasteiger partial charge < -0.3 is 19.5 Å². The van der Waals surface area contributed by atoms with Crippen LogP contribution in [-0.2, 0) is 17.8 Å². The molecule has 1 unspecified atom stereocenters. The summed E-state index contributed by atoms with van der Waals surface area (Å²) in [5.74, 6) is 1.40. The predicted molar refractivity (Wildman–Crippen MR) is 108 cm³/mol. The Balaban J connectivity index is 0.00000338. The standard InChI is InChI=1S/C17H24FN5O2.HI/c1-5-24-12(2)16-21-15(25-22-16)10-20-17(19-3)23(4)11-13-6-8-14(18)9-7-13;/h6-9,12H,5,10-11H2,1-4H3,(H,19,20);1H. The van der Waals surface area contributed by atoms with Crippen LogP contribution >= 0.6 is 24.0 Å². The maximum Gasteiger partial charge on any atom is 0.246 e. The normalized spacial score (nSPS) is 12.4. The predicted octanol–water partition coefficient (Wildman–Crippen LogP) is 3.13. The van der Waals surface area contributed by atoms with Gasteiger partial charge in [-0.2, -0.15) is 4.98 Å². The van der Waals surface area contributed by atoms with Crippen LogP contribution in [0, 0.1) is 5.82 Å². The van der Waals surface area contributed by atoms with Crippen molar-refractivity contribution < 1.29 is 13.7 Å². The van der Waals surface area contributed by atoms with Crippen molar-refractivity contribution in [1.29, 1.82) is 0 Å². The number of aromatic nitrogens is 2. The minimum Gasteiger partial charge on any atom is -0.371 e. The van der Waals surface area contributed by atoms with Crippen molar-refractivity contribution in [2.45, 2.75) is 33.0 Å². The quantitative estimate of drug-likeness (QED) is 0.375. The van der Waals surface area contributed by atoms with Gasteiger partial charge in [0.05, 0.1) is 6.54 Å². The lowest BCUT2D eigenvalue weighted by Gasteiger charge is -2.21. The second kappa shape index (κ2) is 11.1. The molecule has 1 N–H and O–H groups in total. The van der Waals surface area contributed by atoms with Gasteiger partial charge in [-0.15, -0.1) is 24.0 Å². The van der Waals surface area contributed by atoms with E-state index in [2.05, 4.69) is 20.4 Å². The zero-order valence-electron chi connectivity index (χ0n) is 15.4. The zero-order chi connectivity index (χ0) is 18.2. The number of aliphatic imine (C=N–C) groups is 1. The molecule has 0 bridgehead atoms. The maximum absolute atomic E-state index is 13.0. The van der Waals surface area contributed by atoms with Crippen LogP contribution in [0.15, 0.2) is 33.8 Å². The van der Waals surface area contributed by atoms with Crippen LogP contribution in [0.25, 0.3) is 0 Å². The van der Waals surface area contributed by atoms with Gasteiger partial charge in [-0.05, 0) is 31.5 Å². The molecule has 0 spiro atoms. The minimum atomic E-state index is -0.248. The summed E-state index contributed by atoms with van der Waals surface area (Å²) < 4.78 is 23.6. The molecule has 7 nitrogen and oxygen atoms in total. The molecule has 0 aliphatic carbocycles. The summed E-state index contributed by atoms with van der Waals surface area (Å²) in [6, 6.07) is 6.38. The van der Waals surface area contributed by atoms with Gasteiger partial charge in [0.25, 0.3) is 0 Å². The summed E-state index contributed by atoms with van der Waals surface area (Å²) >= 11 is 0. The molecule has 0 aliphatic heterocycles. The molecule has 144 valence electrons. The molecule has 26 heavy (non-hydrogen) atoms. The molecule has 0 aliphatic rings. The summed E-state index contributed by atoms with van der Waals surface area (Å²) in [7, 11) is 3.59. The van der Waals surface area contributed by atoms with Gasteiger partial charge in [0.15, 0.2) is 11.8 Å². The monoisotopic (exact) mass is 477 g/mol. The average molecular weight is 477 g/mol. The molecule has 0 radical (unpaired) electrons. The van der Waals surface area contributed by atoms with Crippen LogP contribution < -0.4 is 5.32 Å². The number of ether oxygens (including phenoxy) is 1. The lowest BCUT2D eigenvalue weighted by atomic mass is 10.2. The second-order valence-electron chi connectivity index (χ2n) is 5.53. The molecule has 0 saturated carbocycles. The number of benzene rings is 1. The maximum atomic E-state index is 13.0. The second-order valence-corrected chi connectivity index (χ2v) is 5.53. The third-order valence-electron chi connectivity index (χ3n) is 3.57. The molecule has 9 heteroatoms. The first-order valence-electron chi connectivity index (χ1n) is 8.13. The van der Waals surface area contributed by atoms with Crippen molar-refractivity contribution in [3.05, 3.63) is 47.4 Å². The first kappa shape index (κ1) is 22.3. The molecular formula is C17H25FIN5O2. The van der Waals surface area contributed by atoms with Crippen LogP contribution in [0.2, 0.25) is 0 Å². The number of nitrogens with zero attached hydrogens (tertiary/aromatic N) is 4. The SMILES string of the molecule is CCOC(C)c1noc(CNC(=NC)N(C)Cc2ccc(F)cc2)n1.I. The lowest BCUT2D eigenvalue weighted by molar-refractivity contribution is 0.0683. The van der Waals surface area contributed by atoms with Crippen molar-refractivity contribution in [3.8, 4) is 0 Å². The summed E-state index contributed by atoms with van der Waals surface area (Å²) in [6.45, 7) is 5.33. The number of hydrogen-bond acceptors (Lipinski definition) is 5. The van der Waals surface area contributed by atoms with Crippen LogP contribution in [0.3, 0.4) is 0 Å². The highest BCUT2D eigenvalue weighted by atomic mass is 127. The largest absolute Gasteiger partial charge is 0.371 e. The topological polar surface area (TPSA) is 75.8 Å². The Morgan fingerprint density at radius 1 is 1.38 bits per heavy atom. The van der Waals surface area contributed by atoms with E-state index >= 15 is 0 Å². The van der Waals surface area contributed by atoms with Gasteiger partial charge in [0, 0.05) is 27.2 Å². The Hall–Kier alpha value is -1.75. The highest BCUT2D eigenvalue weighted by molar-refractivity contribution is 14.0. The zero-order valence-corrected chi connectivity index (χ0v) is 17.7. The van der Waals surface area contributed by atoms with E-state index in [4.69, 9.17) is 9.26 Å². The Kier molecular flexibility index (Phi) is 9.49. The average Bonchev–Trinajstić information content (AvgIpc) is 3.07. The van der Waals surface area contributed by atoms with Crippen molar-refractivity contribution >= 4 is 29.9 Å². The van der Waals surface area contributed by atoms with Gasteiger partial charge in [-0.3, -0.25) is 4.99 Å². The Labute approximate surface area is 170 Å². The highest BCUT2D eigenvalue weighted by Gasteiger charge is 2.14. The van der Waals surface area contributed by atoms with E-state index in [-0.39, 0.29) is 35.9 Å². The van der Waals surface area contributed by atoms with Crippen molar-refractivity contribution in [3.63, 3.8) is 0 Å². The molecule has 1 aromatic carbocycles. The fraction of sp³-hybridized carbons (Fsp3) is 0.471. The molecule has 1 heterocycles. The van der Waals surface area contributed by atoms with Gasteiger partial charge >= 0.3 is 0 Å². The van der Waals surface area contributed by atoms with Gasteiger partial charge in [0.2, 0.25) is 5.89 Å². The summed E-state index contributed by atoms with van der Waals surface area (Å²) in [5.41, 5.74) is 0.984. The third-order valence-corrected chi connectivity index (χ3v) is 3.57. The van der Waals surface area contributed by atoms with Gasteiger partial charge in [-0.1, -0.05) is 17.3 Å². The molecular weight excluding hydrogens is 452 g/mol. The van der Waals surface area contributed by atoms with Crippen LogP contribution in [0.4, 0.5) is 4.39 Å². The summed E-state index contributed by atoms with van der Waals surface area (Å²) in [5, 5.41) is 7.09. The third kappa shape index (κ3) is 6.52. The molecule has 1 atom stereocenters. The van der Waals surface area contributed by atoms with E-state index < -0.39 is 0 Å². The van der Waals surface area contributed by atoms with Crippen LogP contribution in [-0.4, -0.2) is 41.7 Å². The first-order chi connectivity index (χ1) is 12.0. The lowest BCUT2D eigenvalue weighted by Crippen LogP contribution is -2.38. The highest BCUT2D eigenvalue weighted by Crippen LogP contribution is 2.12. The van der Waals surface area contributed by atoms with Crippen molar-refractivity contribution in [2.24, 2.45) is 4.99 Å². The van der Waals surface area contributed by atoms with Crippen LogP contribution in [0.5, 0.6) is 0 Å². The number of halogens is 2. The molecule has 2 rings (SSSR count). The number of guanidine groups is 1. The fourth-order valence-corrected chi connectivity index (χ4v) is 2.31. The molecule has 0 saturated heterocycles. The summed E-state index contributed by atoms with van der Waals surface area (Å²) in [4.78, 5) is 10.5. The number of rotatable bonds is 7. The summed E-state index contributed by atoms with van der Waals surface area (Å²) in [6.07, 6.45) is -0.206. The van der Waals surface area contributed by atoms with E-state index in [0.717, 1.165) is 5.56 Å². The minimum absolute atomic E-state index is 0. The molecule has 1 aromatic heterocycles. The van der Waals surface area contributed by atoms with Gasteiger partial charge in [0.1, 0.15) is 11.9 Å². The number of hydrogen-bond donors (Lipinski definition) is 1. The number of nitrogens with one attached hydrogen (secondary N) is 1. The van der Waals surface area contributed by atoms with Crippen molar-refractivity contribution in [2.75, 3.05) is 20.7 Å². The Morgan fingerprint density at radius 2 is 2.08 bits per heavy atom. The molecule has 2 aromatic rings. The van der Waals surface area contributed by atoms with E-state index in [9.17, 15) is 4.39 Å². The van der Waals surface area contributed by atoms with E-state index in [1.807, 2.05) is 25.8 Å². The van der Waals surface area contributed by atoms with E-state index in [0.29, 0.717) is 37.4 Å². The Morgan fingerprint density at radius 3 is 2.69 bits per heavy atom. The molecule has 0 amide bonds. The first-order valence-corrected chi connectivity index (χ1v) is 8.13. The fourth-order valence-electron chi connectivity index (χ4n) is 2.31. The molecule has 0 fully saturated rings. The van der Waals surface area contributed by atoms with E-state index in [1.54, 1.807) is 19.2 Å². The van der Waals surface area contributed by atoms with Crippen LogP contribution in [0.1, 0.15) is 37.2 Å². The van der Waals surface area contributed by atoms with E-state index in [1.165, 1.54) is 12.1 Å². The smallest absolute Gasteiger partial charge is 0.246 e. The van der Waals surface area contributed by atoms with Crippen molar-refractivity contribution in [1.82, 2.24) is 20.4 Å². The van der Waals surface area contributed by atoms with Gasteiger partial charge in [-0.25, -0.2) is 4.39 Å².